The third kappa shape index (κ3) is 2.79. The van der Waals surface area contributed by atoms with E-state index in [1.54, 1.807) is 0 Å². The zero-order valence-electron chi connectivity index (χ0n) is 19.5. The number of hydrogen-bond donors (Lipinski definition) is 4. The minimum atomic E-state index is -1.69. The first-order valence-electron chi connectivity index (χ1n) is 12.4. The number of fused-ring (bicyclic) bond motifs is 5. The Bertz CT molecular complexity index is 879. The lowest BCUT2D eigenvalue weighted by molar-refractivity contribution is -0.185. The maximum atomic E-state index is 15.8. The first-order chi connectivity index (χ1) is 15.1. The topological polar surface area (TPSA) is 89.8 Å². The van der Waals surface area contributed by atoms with Gasteiger partial charge in [-0.05, 0) is 73.8 Å². The molecule has 6 heteroatoms. The van der Waals surface area contributed by atoms with Crippen LogP contribution in [0.15, 0.2) is 23.0 Å². The Morgan fingerprint density at radius 3 is 2.75 bits per heavy atom. The van der Waals surface area contributed by atoms with Gasteiger partial charge < -0.3 is 20.6 Å². The summed E-state index contributed by atoms with van der Waals surface area (Å²) in [5.41, 5.74) is -0.874. The number of Topliss-reactive ketones (excluding diaryl/α,β-unsaturated/α-hetero) is 1. The lowest BCUT2D eigenvalue weighted by Crippen LogP contribution is -2.62. The van der Waals surface area contributed by atoms with Gasteiger partial charge in [0.15, 0.2) is 5.78 Å². The monoisotopic (exact) mass is 447 g/mol. The average molecular weight is 448 g/mol. The van der Waals surface area contributed by atoms with E-state index >= 15 is 4.39 Å². The predicted molar refractivity (Wildman–Crippen MR) is 119 cm³/mol. The van der Waals surface area contributed by atoms with Crippen molar-refractivity contribution in [2.24, 2.45) is 40.4 Å². The number of carbonyl (C=O) groups excluding carboxylic acids is 1. The Balaban J connectivity index is 1.55. The summed E-state index contributed by atoms with van der Waals surface area (Å²) in [6.07, 6.45) is 5.42. The molecule has 5 nitrogen and oxygen atoms in total. The third-order valence-electron chi connectivity index (χ3n) is 10.5. The molecule has 4 aliphatic carbocycles. The number of ketones is 1. The summed E-state index contributed by atoms with van der Waals surface area (Å²) >= 11 is 0. The van der Waals surface area contributed by atoms with E-state index in [2.05, 4.69) is 18.3 Å². The highest BCUT2D eigenvalue weighted by Gasteiger charge is 2.70. The number of rotatable bonds is 3. The summed E-state index contributed by atoms with van der Waals surface area (Å²) in [6.45, 7) is 7.10. The van der Waals surface area contributed by atoms with Crippen LogP contribution in [0.25, 0.3) is 0 Å². The Kier molecular flexibility index (Phi) is 5.29. The molecular formula is C26H38FNO4. The van der Waals surface area contributed by atoms with Crippen LogP contribution < -0.4 is 5.32 Å². The number of halogens is 1. The normalized spacial score (nSPS) is 50.5. The lowest BCUT2D eigenvalue weighted by Gasteiger charge is -2.60. The van der Waals surface area contributed by atoms with Crippen LogP contribution in [-0.4, -0.2) is 52.5 Å². The largest absolute Gasteiger partial charge is 0.393 e. The maximum absolute atomic E-state index is 15.8. The summed E-state index contributed by atoms with van der Waals surface area (Å²) in [7, 11) is 0. The first-order valence-corrected chi connectivity index (χ1v) is 12.4. The SMILES string of the molecule is C[C@@H]1C[C@H]2[C@@H]3CC(F)=C4C=C(C5CCNC5)CC[C@]4(C)[C@H]3[C@@H](O)C[C@]2(C)[C@@]1(O)C(=O)CO. The minimum absolute atomic E-state index is 0.0695. The Hall–Kier alpha value is -1.08. The highest BCUT2D eigenvalue weighted by Crippen LogP contribution is 2.69. The van der Waals surface area contributed by atoms with E-state index in [1.165, 1.54) is 5.57 Å². The molecule has 1 unspecified atom stereocenters. The maximum Gasteiger partial charge on any atom is 0.190 e. The number of carbonyl (C=O) groups is 1. The van der Waals surface area contributed by atoms with E-state index < -0.39 is 34.9 Å². The molecule has 0 aromatic rings. The molecule has 3 fully saturated rings. The smallest absolute Gasteiger partial charge is 0.190 e. The Morgan fingerprint density at radius 1 is 1.34 bits per heavy atom. The number of aliphatic hydroxyl groups is 3. The molecule has 1 saturated heterocycles. The predicted octanol–water partition coefficient (Wildman–Crippen LogP) is 2.90. The highest BCUT2D eigenvalue weighted by atomic mass is 19.1. The van der Waals surface area contributed by atoms with Crippen molar-refractivity contribution in [2.45, 2.75) is 71.0 Å². The molecule has 2 saturated carbocycles. The molecule has 9 atom stereocenters. The molecule has 0 amide bonds. The van der Waals surface area contributed by atoms with Gasteiger partial charge in [0.2, 0.25) is 0 Å². The van der Waals surface area contributed by atoms with Gasteiger partial charge in [-0.15, -0.1) is 0 Å². The molecule has 178 valence electrons. The molecule has 0 spiro atoms. The molecule has 1 aliphatic heterocycles. The van der Waals surface area contributed by atoms with E-state index in [1.807, 2.05) is 13.8 Å². The molecule has 5 rings (SSSR count). The van der Waals surface area contributed by atoms with Gasteiger partial charge in [-0.25, -0.2) is 4.39 Å². The summed E-state index contributed by atoms with van der Waals surface area (Å²) < 4.78 is 15.8. The van der Waals surface area contributed by atoms with Crippen molar-refractivity contribution in [3.63, 3.8) is 0 Å². The molecule has 1 heterocycles. The van der Waals surface area contributed by atoms with Gasteiger partial charge >= 0.3 is 0 Å². The van der Waals surface area contributed by atoms with Crippen LogP contribution in [0.3, 0.4) is 0 Å². The zero-order valence-corrected chi connectivity index (χ0v) is 19.5. The van der Waals surface area contributed by atoms with E-state index in [0.29, 0.717) is 18.8 Å². The van der Waals surface area contributed by atoms with Gasteiger partial charge in [0.1, 0.15) is 18.0 Å². The van der Waals surface area contributed by atoms with Gasteiger partial charge in [0.05, 0.1) is 6.10 Å². The summed E-state index contributed by atoms with van der Waals surface area (Å²) in [4.78, 5) is 12.7. The van der Waals surface area contributed by atoms with Gasteiger partial charge in [0.25, 0.3) is 0 Å². The number of nitrogens with one attached hydrogen (secondary N) is 1. The van der Waals surface area contributed by atoms with Crippen molar-refractivity contribution < 1.29 is 24.5 Å². The number of allylic oxidation sites excluding steroid dienone is 3. The fourth-order valence-electron chi connectivity index (χ4n) is 8.89. The summed E-state index contributed by atoms with van der Waals surface area (Å²) in [6, 6.07) is 0. The van der Waals surface area contributed by atoms with Crippen LogP contribution in [-0.2, 0) is 4.79 Å². The van der Waals surface area contributed by atoms with Crippen molar-refractivity contribution >= 4 is 5.78 Å². The van der Waals surface area contributed by atoms with Gasteiger partial charge in [-0.1, -0.05) is 32.4 Å². The van der Waals surface area contributed by atoms with Gasteiger partial charge in [-0.3, -0.25) is 4.79 Å². The second-order valence-electron chi connectivity index (χ2n) is 11.8. The van der Waals surface area contributed by atoms with Crippen LogP contribution in [0.4, 0.5) is 4.39 Å². The zero-order chi connectivity index (χ0) is 23.1. The van der Waals surface area contributed by atoms with Crippen molar-refractivity contribution in [3.8, 4) is 0 Å². The minimum Gasteiger partial charge on any atom is -0.393 e. The van der Waals surface area contributed by atoms with Gasteiger partial charge in [-0.2, -0.15) is 0 Å². The molecule has 32 heavy (non-hydrogen) atoms. The summed E-state index contributed by atoms with van der Waals surface area (Å²) in [5.74, 6) is -0.791. The standard InChI is InChI=1S/C26H38FNO4/c1-14-8-18-17-10-20(27)19-9-15(16-5-7-28-12-16)4-6-24(19,2)23(17)21(30)11-25(18,3)26(14,32)22(31)13-29/h9,14,16-18,21,23,28-30,32H,4-8,10-13H2,1-3H3/t14-,16?,17+,18+,21+,23-,24+,25+,26+/m1/s1. The van der Waals surface area contributed by atoms with E-state index in [9.17, 15) is 20.1 Å². The third-order valence-corrected chi connectivity index (χ3v) is 10.5. The van der Waals surface area contributed by atoms with Crippen molar-refractivity contribution in [2.75, 3.05) is 19.7 Å². The molecule has 0 bridgehead atoms. The fraction of sp³-hybridized carbons (Fsp3) is 0.808. The molecule has 0 aromatic carbocycles. The molecular weight excluding hydrogens is 409 g/mol. The quantitative estimate of drug-likeness (QED) is 0.534. The van der Waals surface area contributed by atoms with E-state index in [-0.39, 0.29) is 35.9 Å². The molecule has 0 radical (unpaired) electrons. The van der Waals surface area contributed by atoms with Crippen molar-refractivity contribution in [1.29, 1.82) is 0 Å². The Labute approximate surface area is 190 Å². The van der Waals surface area contributed by atoms with Crippen LogP contribution in [0, 0.1) is 40.4 Å². The number of hydrogen-bond acceptors (Lipinski definition) is 5. The Morgan fingerprint density at radius 2 is 2.09 bits per heavy atom. The molecule has 4 N–H and O–H groups in total. The lowest BCUT2D eigenvalue weighted by atomic mass is 9.46. The van der Waals surface area contributed by atoms with Crippen molar-refractivity contribution in [3.05, 3.63) is 23.0 Å². The average Bonchev–Trinajstić information content (AvgIpc) is 3.35. The van der Waals surface area contributed by atoms with E-state index in [4.69, 9.17) is 0 Å². The van der Waals surface area contributed by atoms with Crippen LogP contribution >= 0.6 is 0 Å². The summed E-state index contributed by atoms with van der Waals surface area (Å²) in [5, 5.41) is 36.1. The molecule has 5 aliphatic rings. The van der Waals surface area contributed by atoms with Crippen LogP contribution in [0.1, 0.15) is 59.3 Å². The number of aliphatic hydroxyl groups excluding tert-OH is 2. The van der Waals surface area contributed by atoms with Gasteiger partial charge in [0, 0.05) is 23.8 Å². The first kappa shape index (κ1) is 22.7. The highest BCUT2D eigenvalue weighted by molar-refractivity contribution is 5.90. The van der Waals surface area contributed by atoms with E-state index in [0.717, 1.165) is 37.9 Å². The van der Waals surface area contributed by atoms with Crippen LogP contribution in [0.5, 0.6) is 0 Å². The second kappa shape index (κ2) is 7.46. The second-order valence-corrected chi connectivity index (χ2v) is 11.8. The molecule has 0 aromatic heterocycles. The van der Waals surface area contributed by atoms with Crippen molar-refractivity contribution in [1.82, 2.24) is 5.32 Å². The fourth-order valence-corrected chi connectivity index (χ4v) is 8.89. The van der Waals surface area contributed by atoms with Crippen LogP contribution in [0.2, 0.25) is 0 Å².